The lowest BCUT2D eigenvalue weighted by atomic mass is 9.74. The predicted octanol–water partition coefficient (Wildman–Crippen LogP) is 12.2. The summed E-state index contributed by atoms with van der Waals surface area (Å²) >= 11 is 0. The maximum atomic E-state index is 2.60. The molecule has 0 aromatic heterocycles. The molecule has 2 aliphatic carbocycles. The van der Waals surface area contributed by atoms with Crippen molar-refractivity contribution < 1.29 is 0 Å². The van der Waals surface area contributed by atoms with Gasteiger partial charge in [0.05, 0.1) is 0 Å². The normalized spacial score (nSPS) is 19.9. The SMILES string of the molecule is CC1=C(C(C)C)C(C2C(C)=C3c4c2ccc(c4-c2ccc(C(C)(C)C)cc2)[Si]3(C)C)c2cccc(-c3ccc(C(C)(C)C)cc3)c21. The highest BCUT2D eigenvalue weighted by molar-refractivity contribution is 7.07. The van der Waals surface area contributed by atoms with Crippen LogP contribution in [-0.4, -0.2) is 8.07 Å². The van der Waals surface area contributed by atoms with Crippen molar-refractivity contribution in [1.82, 2.24) is 0 Å². The van der Waals surface area contributed by atoms with Crippen LogP contribution in [0.2, 0.25) is 13.1 Å². The Bertz CT molecular complexity index is 1940. The lowest BCUT2D eigenvalue weighted by Crippen LogP contribution is -2.39. The van der Waals surface area contributed by atoms with E-state index in [1.54, 1.807) is 32.7 Å². The monoisotopic (exact) mass is 620 g/mol. The molecule has 0 saturated heterocycles. The topological polar surface area (TPSA) is 0 Å². The molecule has 0 saturated carbocycles. The first-order valence-corrected chi connectivity index (χ1v) is 20.5. The average molecular weight is 621 g/mol. The molecule has 0 amide bonds. The van der Waals surface area contributed by atoms with E-state index >= 15 is 0 Å². The molecule has 0 nitrogen and oxygen atoms in total. The minimum Gasteiger partial charge on any atom is -0.0646 e. The zero-order valence-corrected chi connectivity index (χ0v) is 31.2. The number of hydrogen-bond donors (Lipinski definition) is 0. The van der Waals surface area contributed by atoms with Crippen LogP contribution >= 0.6 is 0 Å². The zero-order chi connectivity index (χ0) is 33.1. The Morgan fingerprint density at radius 3 is 1.67 bits per heavy atom. The number of fused-ring (bicyclic) bond motifs is 2. The maximum absolute atomic E-state index is 2.60. The summed E-state index contributed by atoms with van der Waals surface area (Å²) in [6.45, 7) is 28.8. The van der Waals surface area contributed by atoms with Crippen LogP contribution in [0.25, 0.3) is 33.0 Å². The molecule has 4 aromatic rings. The van der Waals surface area contributed by atoms with Crippen molar-refractivity contribution in [3.63, 3.8) is 0 Å². The standard InChI is InChI=1S/C45H52Si/c1-26(2)37-27(3)38-33(29-16-20-31(21-17-29)44(5,6)7)14-13-15-34(38)41(37)39-28(4)43-42-35(39)24-25-36(46(43,11)12)40(42)30-18-22-32(23-19-30)45(8,9)10/h13-26,39,41H,1-12H3. The zero-order valence-electron chi connectivity index (χ0n) is 30.2. The van der Waals surface area contributed by atoms with Gasteiger partial charge in [-0.05, 0) is 102 Å². The van der Waals surface area contributed by atoms with Crippen LogP contribution < -0.4 is 5.19 Å². The van der Waals surface area contributed by atoms with E-state index in [1.807, 2.05) is 0 Å². The van der Waals surface area contributed by atoms with Crippen LogP contribution in [-0.2, 0) is 10.8 Å². The molecule has 0 spiro atoms. The molecule has 2 bridgehead atoms. The summed E-state index contributed by atoms with van der Waals surface area (Å²) in [5.41, 5.74) is 19.6. The lowest BCUT2D eigenvalue weighted by Gasteiger charge is -2.31. The molecule has 236 valence electrons. The fourth-order valence-corrected chi connectivity index (χ4v) is 13.1. The fraction of sp³-hybridized carbons (Fsp3) is 0.378. The van der Waals surface area contributed by atoms with Crippen LogP contribution in [0.3, 0.4) is 0 Å². The van der Waals surface area contributed by atoms with Crippen LogP contribution in [0.1, 0.15) is 114 Å². The van der Waals surface area contributed by atoms with E-state index in [1.165, 1.54) is 50.1 Å². The molecule has 46 heavy (non-hydrogen) atoms. The maximum Gasteiger partial charge on any atom is 0.113 e. The third-order valence-corrected chi connectivity index (χ3v) is 15.3. The van der Waals surface area contributed by atoms with E-state index in [0.29, 0.717) is 17.8 Å². The number of benzene rings is 4. The Labute approximate surface area is 279 Å². The van der Waals surface area contributed by atoms with E-state index in [2.05, 4.69) is 161 Å². The van der Waals surface area contributed by atoms with E-state index in [-0.39, 0.29) is 10.8 Å². The van der Waals surface area contributed by atoms with Crippen molar-refractivity contribution in [3.05, 3.63) is 123 Å². The lowest BCUT2D eigenvalue weighted by molar-refractivity contribution is 0.590. The van der Waals surface area contributed by atoms with Crippen molar-refractivity contribution in [2.75, 3.05) is 0 Å². The molecular formula is C45H52Si. The van der Waals surface area contributed by atoms with Gasteiger partial charge in [0.2, 0.25) is 0 Å². The first-order chi connectivity index (χ1) is 21.5. The van der Waals surface area contributed by atoms with Gasteiger partial charge < -0.3 is 0 Å². The van der Waals surface area contributed by atoms with Gasteiger partial charge in [-0.25, -0.2) is 0 Å². The number of hydrogen-bond acceptors (Lipinski definition) is 0. The van der Waals surface area contributed by atoms with Crippen LogP contribution in [0, 0.1) is 5.92 Å². The molecule has 1 heterocycles. The second-order valence-corrected chi connectivity index (χ2v) is 21.5. The van der Waals surface area contributed by atoms with Gasteiger partial charge in [-0.3, -0.25) is 0 Å². The summed E-state index contributed by atoms with van der Waals surface area (Å²) in [5.74, 6) is 1.22. The smallest absolute Gasteiger partial charge is 0.0646 e. The molecule has 4 aromatic carbocycles. The highest BCUT2D eigenvalue weighted by atomic mass is 28.3. The van der Waals surface area contributed by atoms with Gasteiger partial charge in [0, 0.05) is 11.8 Å². The Hall–Kier alpha value is -3.42. The Morgan fingerprint density at radius 2 is 1.13 bits per heavy atom. The Kier molecular flexibility index (Phi) is 6.97. The summed E-state index contributed by atoms with van der Waals surface area (Å²) in [6, 6.07) is 31.1. The first-order valence-electron chi connectivity index (χ1n) is 17.5. The quantitative estimate of drug-likeness (QED) is 0.199. The second-order valence-electron chi connectivity index (χ2n) is 17.3. The molecule has 0 N–H and O–H groups in total. The molecule has 7 rings (SSSR count). The summed E-state index contributed by atoms with van der Waals surface area (Å²) in [5, 5.41) is 3.33. The Morgan fingerprint density at radius 1 is 0.587 bits per heavy atom. The molecule has 2 unspecified atom stereocenters. The number of rotatable bonds is 4. The first kappa shape index (κ1) is 31.2. The van der Waals surface area contributed by atoms with E-state index in [4.69, 9.17) is 0 Å². The van der Waals surface area contributed by atoms with Crippen molar-refractivity contribution >= 4 is 24.0 Å². The second kappa shape index (κ2) is 10.3. The average Bonchev–Trinajstić information content (AvgIpc) is 3.51. The molecule has 1 heteroatoms. The van der Waals surface area contributed by atoms with Gasteiger partial charge in [-0.1, -0.05) is 158 Å². The van der Waals surface area contributed by atoms with Crippen molar-refractivity contribution in [2.45, 2.75) is 105 Å². The highest BCUT2D eigenvalue weighted by Crippen LogP contribution is 2.62. The Balaban J connectivity index is 1.41. The van der Waals surface area contributed by atoms with Gasteiger partial charge in [-0.2, -0.15) is 0 Å². The van der Waals surface area contributed by atoms with Crippen LogP contribution in [0.4, 0.5) is 0 Å². The van der Waals surface area contributed by atoms with Gasteiger partial charge in [0.1, 0.15) is 8.07 Å². The summed E-state index contributed by atoms with van der Waals surface area (Å²) in [7, 11) is -1.85. The van der Waals surface area contributed by atoms with E-state index < -0.39 is 8.07 Å². The molecule has 0 radical (unpaired) electrons. The minimum atomic E-state index is -1.85. The molecule has 0 fully saturated rings. The minimum absolute atomic E-state index is 0.149. The van der Waals surface area contributed by atoms with Crippen molar-refractivity contribution in [3.8, 4) is 22.3 Å². The van der Waals surface area contributed by atoms with Crippen molar-refractivity contribution in [2.24, 2.45) is 5.92 Å². The van der Waals surface area contributed by atoms with Gasteiger partial charge in [0.25, 0.3) is 0 Å². The molecular weight excluding hydrogens is 569 g/mol. The van der Waals surface area contributed by atoms with E-state index in [0.717, 1.165) is 0 Å². The van der Waals surface area contributed by atoms with Gasteiger partial charge >= 0.3 is 0 Å². The molecule has 3 aliphatic rings. The van der Waals surface area contributed by atoms with Gasteiger partial charge in [0.15, 0.2) is 0 Å². The molecule has 1 aliphatic heterocycles. The third kappa shape index (κ3) is 4.44. The van der Waals surface area contributed by atoms with Gasteiger partial charge in [-0.15, -0.1) is 0 Å². The largest absolute Gasteiger partial charge is 0.113 e. The van der Waals surface area contributed by atoms with Crippen molar-refractivity contribution in [1.29, 1.82) is 0 Å². The highest BCUT2D eigenvalue weighted by Gasteiger charge is 2.51. The van der Waals surface area contributed by atoms with Crippen LogP contribution in [0.15, 0.2) is 90.0 Å². The summed E-state index contributed by atoms with van der Waals surface area (Å²) < 4.78 is 0. The summed E-state index contributed by atoms with van der Waals surface area (Å²) in [6.07, 6.45) is 0. The molecule has 2 atom stereocenters. The fourth-order valence-electron chi connectivity index (χ4n) is 9.40. The van der Waals surface area contributed by atoms with Crippen LogP contribution in [0.5, 0.6) is 0 Å². The third-order valence-electron chi connectivity index (χ3n) is 11.6. The predicted molar refractivity (Wildman–Crippen MR) is 204 cm³/mol. The number of allylic oxidation sites excluding steroid dienone is 3. The van der Waals surface area contributed by atoms with E-state index in [9.17, 15) is 0 Å². The summed E-state index contributed by atoms with van der Waals surface area (Å²) in [4.78, 5) is 0.